The smallest absolute Gasteiger partial charge is 0.295 e. The first-order valence-corrected chi connectivity index (χ1v) is 15.4. The second kappa shape index (κ2) is 9.99. The maximum absolute atomic E-state index is 13.9. The van der Waals surface area contributed by atoms with E-state index in [1.54, 1.807) is 23.9 Å². The van der Waals surface area contributed by atoms with E-state index in [1.807, 2.05) is 13.8 Å². The summed E-state index contributed by atoms with van der Waals surface area (Å²) in [6, 6.07) is 3.12. The zero-order valence-corrected chi connectivity index (χ0v) is 23.9. The maximum Gasteiger partial charge on any atom is 0.295 e. The lowest BCUT2D eigenvalue weighted by Gasteiger charge is -2.20. The van der Waals surface area contributed by atoms with Gasteiger partial charge in [-0.25, -0.2) is 33.3 Å². The number of hydrogen-bond acceptors (Lipinski definition) is 10. The fourth-order valence-corrected chi connectivity index (χ4v) is 5.91. The standard InChI is InChI=1S/C28H32N8O3S/c1-5-40(38,39)21-11-10-20(29-13-21)12-30-26-28(37)36(17(4)18-6-7-18)27-23(34-26)16(3)33-25(35-27)22-15(2)31-14-32-24(22)19-8-9-19/h10-11,13-14,17-19H,5-9,12H2,1-4H3,(H,30,34)/t17-/m0/s1. The van der Waals surface area contributed by atoms with Crippen molar-refractivity contribution in [1.29, 1.82) is 0 Å². The summed E-state index contributed by atoms with van der Waals surface area (Å²) in [4.78, 5) is 41.8. The first-order chi connectivity index (χ1) is 19.2. The number of nitrogens with one attached hydrogen (secondary N) is 1. The van der Waals surface area contributed by atoms with Crippen molar-refractivity contribution in [2.24, 2.45) is 5.92 Å². The lowest BCUT2D eigenvalue weighted by atomic mass is 10.1. The largest absolute Gasteiger partial charge is 0.360 e. The summed E-state index contributed by atoms with van der Waals surface area (Å²) >= 11 is 0. The van der Waals surface area contributed by atoms with E-state index >= 15 is 0 Å². The molecule has 4 heterocycles. The van der Waals surface area contributed by atoms with Crippen LogP contribution in [0, 0.1) is 19.8 Å². The third kappa shape index (κ3) is 4.85. The highest BCUT2D eigenvalue weighted by Crippen LogP contribution is 2.44. The average molecular weight is 561 g/mol. The van der Waals surface area contributed by atoms with Gasteiger partial charge in [0.2, 0.25) is 0 Å². The molecule has 0 saturated heterocycles. The van der Waals surface area contributed by atoms with E-state index < -0.39 is 9.84 Å². The topological polar surface area (TPSA) is 146 Å². The molecule has 1 atom stereocenters. The second-order valence-electron chi connectivity index (χ2n) is 10.8. The van der Waals surface area contributed by atoms with Crippen molar-refractivity contribution in [3.8, 4) is 11.4 Å². The molecule has 0 radical (unpaired) electrons. The quantitative estimate of drug-likeness (QED) is 0.320. The number of fused-ring (bicyclic) bond motifs is 1. The molecule has 0 amide bonds. The number of anilines is 1. The summed E-state index contributed by atoms with van der Waals surface area (Å²) in [5, 5.41) is 3.13. The minimum Gasteiger partial charge on any atom is -0.360 e. The van der Waals surface area contributed by atoms with Crippen LogP contribution < -0.4 is 10.9 Å². The van der Waals surface area contributed by atoms with Crippen LogP contribution >= 0.6 is 0 Å². The van der Waals surface area contributed by atoms with Crippen LogP contribution in [0.4, 0.5) is 5.82 Å². The zero-order chi connectivity index (χ0) is 28.2. The highest BCUT2D eigenvalue weighted by atomic mass is 32.2. The van der Waals surface area contributed by atoms with Crippen molar-refractivity contribution in [3.05, 3.63) is 57.8 Å². The zero-order valence-electron chi connectivity index (χ0n) is 23.0. The number of pyridine rings is 1. The SMILES string of the molecule is CCS(=O)(=O)c1ccc(CNc2nc3c(C)nc(-c4c(C)ncnc4C4CC4)nc3n([C@@H](C)C3CC3)c2=O)nc1. The highest BCUT2D eigenvalue weighted by molar-refractivity contribution is 7.91. The van der Waals surface area contributed by atoms with E-state index in [0.29, 0.717) is 40.2 Å². The molecule has 208 valence electrons. The molecular weight excluding hydrogens is 528 g/mol. The minimum atomic E-state index is -3.34. The molecule has 2 aliphatic carbocycles. The number of aryl methyl sites for hydroxylation is 2. The molecule has 11 nitrogen and oxygen atoms in total. The van der Waals surface area contributed by atoms with Crippen LogP contribution in [0.5, 0.6) is 0 Å². The predicted molar refractivity (Wildman–Crippen MR) is 151 cm³/mol. The summed E-state index contributed by atoms with van der Waals surface area (Å²) < 4.78 is 26.0. The van der Waals surface area contributed by atoms with Crippen molar-refractivity contribution in [2.45, 2.75) is 76.8 Å². The van der Waals surface area contributed by atoms with Gasteiger partial charge in [0.1, 0.15) is 11.8 Å². The molecule has 0 spiro atoms. The average Bonchev–Trinajstić information content (AvgIpc) is 3.85. The molecule has 6 rings (SSSR count). The van der Waals surface area contributed by atoms with Gasteiger partial charge in [0.15, 0.2) is 27.1 Å². The Morgan fingerprint density at radius 2 is 1.80 bits per heavy atom. The number of aromatic nitrogens is 7. The van der Waals surface area contributed by atoms with E-state index in [0.717, 1.165) is 42.6 Å². The second-order valence-corrected chi connectivity index (χ2v) is 13.0. The lowest BCUT2D eigenvalue weighted by Crippen LogP contribution is -2.30. The van der Waals surface area contributed by atoms with Crippen LogP contribution in [-0.4, -0.2) is 48.6 Å². The van der Waals surface area contributed by atoms with Crippen LogP contribution in [0.1, 0.15) is 74.3 Å². The van der Waals surface area contributed by atoms with Gasteiger partial charge < -0.3 is 5.32 Å². The fourth-order valence-electron chi connectivity index (χ4n) is 5.09. The van der Waals surface area contributed by atoms with Crippen LogP contribution in [0.25, 0.3) is 22.6 Å². The minimum absolute atomic E-state index is 0.00784. The van der Waals surface area contributed by atoms with Crippen molar-refractivity contribution in [1.82, 2.24) is 34.5 Å². The van der Waals surface area contributed by atoms with E-state index in [1.165, 1.54) is 12.3 Å². The van der Waals surface area contributed by atoms with E-state index in [-0.39, 0.29) is 34.6 Å². The van der Waals surface area contributed by atoms with Crippen molar-refractivity contribution < 1.29 is 8.42 Å². The molecule has 0 aliphatic heterocycles. The first kappa shape index (κ1) is 26.4. The molecule has 40 heavy (non-hydrogen) atoms. The number of rotatable bonds is 9. The molecule has 0 unspecified atom stereocenters. The summed E-state index contributed by atoms with van der Waals surface area (Å²) in [6.45, 7) is 7.68. The maximum atomic E-state index is 13.9. The van der Waals surface area contributed by atoms with Gasteiger partial charge in [-0.15, -0.1) is 0 Å². The molecule has 12 heteroatoms. The van der Waals surface area contributed by atoms with Gasteiger partial charge in [-0.1, -0.05) is 6.92 Å². The van der Waals surface area contributed by atoms with Gasteiger partial charge in [-0.05, 0) is 64.5 Å². The van der Waals surface area contributed by atoms with Crippen LogP contribution in [0.3, 0.4) is 0 Å². The van der Waals surface area contributed by atoms with Crippen molar-refractivity contribution in [3.63, 3.8) is 0 Å². The van der Waals surface area contributed by atoms with Crippen LogP contribution in [0.15, 0.2) is 34.3 Å². The van der Waals surface area contributed by atoms with Gasteiger partial charge in [0.25, 0.3) is 5.56 Å². The Morgan fingerprint density at radius 1 is 1.02 bits per heavy atom. The van der Waals surface area contributed by atoms with Crippen LogP contribution in [0.2, 0.25) is 0 Å². The Balaban J connectivity index is 1.42. The molecule has 4 aromatic heterocycles. The van der Waals surface area contributed by atoms with Crippen LogP contribution in [-0.2, 0) is 16.4 Å². The highest BCUT2D eigenvalue weighted by Gasteiger charge is 2.33. The van der Waals surface area contributed by atoms with E-state index in [9.17, 15) is 13.2 Å². The third-order valence-corrected chi connectivity index (χ3v) is 9.57. The predicted octanol–water partition coefficient (Wildman–Crippen LogP) is 3.91. The summed E-state index contributed by atoms with van der Waals surface area (Å²) in [5.74, 6) is 1.50. The molecule has 2 fully saturated rings. The Hall–Kier alpha value is -3.80. The number of hydrogen-bond donors (Lipinski definition) is 1. The van der Waals surface area contributed by atoms with E-state index in [2.05, 4.69) is 32.2 Å². The Labute approximate surface area is 232 Å². The lowest BCUT2D eigenvalue weighted by molar-refractivity contribution is 0.482. The molecule has 2 saturated carbocycles. The summed E-state index contributed by atoms with van der Waals surface area (Å²) in [5.41, 5.74) is 4.68. The Kier molecular flexibility index (Phi) is 6.60. The van der Waals surface area contributed by atoms with Crippen molar-refractivity contribution >= 4 is 26.8 Å². The summed E-state index contributed by atoms with van der Waals surface area (Å²) in [6.07, 6.45) is 7.24. The van der Waals surface area contributed by atoms with Crippen molar-refractivity contribution in [2.75, 3.05) is 11.1 Å². The summed E-state index contributed by atoms with van der Waals surface area (Å²) in [7, 11) is -3.34. The molecule has 0 aromatic carbocycles. The van der Waals surface area contributed by atoms with Gasteiger partial charge in [-0.3, -0.25) is 14.3 Å². The normalized spacial score (nSPS) is 16.3. The van der Waals surface area contributed by atoms with Gasteiger partial charge in [0, 0.05) is 18.2 Å². The van der Waals surface area contributed by atoms with Gasteiger partial charge in [-0.2, -0.15) is 0 Å². The molecule has 0 bridgehead atoms. The van der Waals surface area contributed by atoms with Gasteiger partial charge in [0.05, 0.1) is 45.5 Å². The first-order valence-electron chi connectivity index (χ1n) is 13.7. The molecular formula is C28H32N8O3S. The fraction of sp³-hybridized carbons (Fsp3) is 0.464. The Bertz CT molecular complexity index is 1780. The Morgan fingerprint density at radius 3 is 2.45 bits per heavy atom. The van der Waals surface area contributed by atoms with E-state index in [4.69, 9.17) is 9.97 Å². The third-order valence-electron chi connectivity index (χ3n) is 7.85. The number of nitrogens with zero attached hydrogens (tertiary/aromatic N) is 7. The van der Waals surface area contributed by atoms with Gasteiger partial charge >= 0.3 is 0 Å². The number of sulfone groups is 1. The molecule has 2 aliphatic rings. The molecule has 4 aromatic rings. The molecule has 1 N–H and O–H groups in total. The monoisotopic (exact) mass is 560 g/mol.